The molecule has 0 amide bonds. The van der Waals surface area contributed by atoms with E-state index in [1.165, 1.54) is 0 Å². The number of carboxylic acid groups (broad SMARTS) is 1. The van der Waals surface area contributed by atoms with Gasteiger partial charge in [0.05, 0.1) is 5.56 Å². The largest absolute Gasteiger partial charge is 0.481 e. The van der Waals surface area contributed by atoms with E-state index in [0.717, 1.165) is 43.5 Å². The lowest BCUT2D eigenvalue weighted by Gasteiger charge is -2.12. The molecule has 2 heterocycles. The number of hydrogen-bond acceptors (Lipinski definition) is 5. The topological polar surface area (TPSA) is 89.1 Å². The van der Waals surface area contributed by atoms with Gasteiger partial charge >= 0.3 is 5.97 Å². The van der Waals surface area contributed by atoms with Gasteiger partial charge in [-0.15, -0.1) is 0 Å². The molecule has 2 aromatic heterocycles. The summed E-state index contributed by atoms with van der Waals surface area (Å²) in [6.45, 7) is 6.04. The predicted molar refractivity (Wildman–Crippen MR) is 110 cm³/mol. The second-order valence-corrected chi connectivity index (χ2v) is 7.45. The zero-order valence-electron chi connectivity index (χ0n) is 15.4. The van der Waals surface area contributed by atoms with Crippen LogP contribution in [0, 0.1) is 17.5 Å². The minimum atomic E-state index is -0.787. The fraction of sp³-hybridized carbons (Fsp3) is 0.300. The van der Waals surface area contributed by atoms with E-state index in [-0.39, 0.29) is 6.42 Å². The molecular formula is C20H20IN3O3. The molecule has 3 rings (SSSR count). The van der Waals surface area contributed by atoms with E-state index in [0.29, 0.717) is 18.1 Å². The molecule has 27 heavy (non-hydrogen) atoms. The molecule has 0 saturated carbocycles. The summed E-state index contributed by atoms with van der Waals surface area (Å²) in [5, 5.41) is 13.1. The molecule has 0 aliphatic rings. The summed E-state index contributed by atoms with van der Waals surface area (Å²) in [7, 11) is 0. The van der Waals surface area contributed by atoms with Crippen molar-refractivity contribution in [2.75, 3.05) is 0 Å². The smallest absolute Gasteiger partial charge is 0.303 e. The van der Waals surface area contributed by atoms with Crippen molar-refractivity contribution < 1.29 is 14.4 Å². The second-order valence-electron chi connectivity index (χ2n) is 6.43. The zero-order valence-corrected chi connectivity index (χ0v) is 17.6. The van der Waals surface area contributed by atoms with Crippen LogP contribution in [-0.4, -0.2) is 26.2 Å². The molecule has 0 spiro atoms. The molecule has 0 aliphatic heterocycles. The molecule has 6 nitrogen and oxygen atoms in total. The molecule has 3 aromatic rings. The van der Waals surface area contributed by atoms with Crippen LogP contribution in [-0.2, 0) is 17.6 Å². The van der Waals surface area contributed by atoms with Gasteiger partial charge in [0, 0.05) is 18.2 Å². The van der Waals surface area contributed by atoms with Gasteiger partial charge in [-0.25, -0.2) is 4.98 Å². The van der Waals surface area contributed by atoms with Crippen molar-refractivity contribution in [3.8, 4) is 22.8 Å². The van der Waals surface area contributed by atoms with Gasteiger partial charge < -0.3 is 9.63 Å². The number of aryl methyl sites for hydroxylation is 3. The molecule has 0 saturated heterocycles. The van der Waals surface area contributed by atoms with Crippen LogP contribution in [0.4, 0.5) is 0 Å². The molecule has 7 heteroatoms. The van der Waals surface area contributed by atoms with E-state index in [4.69, 9.17) is 9.63 Å². The van der Waals surface area contributed by atoms with Gasteiger partial charge in [-0.2, -0.15) is 4.98 Å². The molecule has 0 atom stereocenters. The quantitative estimate of drug-likeness (QED) is 0.413. The number of aliphatic carboxylic acids is 1. The van der Waals surface area contributed by atoms with Gasteiger partial charge in [0.2, 0.25) is 5.82 Å². The number of pyridine rings is 1. The Bertz CT molecular complexity index is 998. The molecule has 0 bridgehead atoms. The highest BCUT2D eigenvalue weighted by Crippen LogP contribution is 2.28. The maximum atomic E-state index is 10.9. The van der Waals surface area contributed by atoms with Crippen molar-refractivity contribution >= 4 is 28.6 Å². The maximum absolute atomic E-state index is 10.9. The Morgan fingerprint density at radius 3 is 2.59 bits per heavy atom. The number of carbonyl (C=O) groups is 1. The Morgan fingerprint density at radius 1 is 1.19 bits per heavy atom. The third kappa shape index (κ3) is 4.35. The first kappa shape index (κ1) is 19.5. The standard InChI is InChI=1S/C20H20IN3O3/c1-4-13-9-14(7-11(2)16(13)5-6-17(25)26)19-23-20(27-24-19)15-8-12(3)18(21)22-10-15/h7-10H,4-6H2,1-3H3,(H,25,26). The van der Waals surface area contributed by atoms with Crippen LogP contribution in [0.15, 0.2) is 28.9 Å². The molecule has 0 unspecified atom stereocenters. The van der Waals surface area contributed by atoms with Crippen LogP contribution in [0.3, 0.4) is 0 Å². The molecular weight excluding hydrogens is 457 g/mol. The SMILES string of the molecule is CCc1cc(-c2noc(-c3cnc(I)c(C)c3)n2)cc(C)c1CCC(=O)O. The average molecular weight is 477 g/mol. The van der Waals surface area contributed by atoms with Gasteiger partial charge in [-0.3, -0.25) is 4.79 Å². The van der Waals surface area contributed by atoms with Crippen molar-refractivity contribution in [1.82, 2.24) is 15.1 Å². The Balaban J connectivity index is 1.95. The summed E-state index contributed by atoms with van der Waals surface area (Å²) < 4.78 is 6.38. The molecule has 1 N–H and O–H groups in total. The van der Waals surface area contributed by atoms with Crippen molar-refractivity contribution in [3.63, 3.8) is 0 Å². The number of halogens is 1. The molecule has 140 valence electrons. The van der Waals surface area contributed by atoms with E-state index < -0.39 is 5.97 Å². The summed E-state index contributed by atoms with van der Waals surface area (Å²) in [5.74, 6) is 0.163. The van der Waals surface area contributed by atoms with Crippen molar-refractivity contribution in [2.24, 2.45) is 0 Å². The number of aromatic nitrogens is 3. The van der Waals surface area contributed by atoms with Gasteiger partial charge in [-0.1, -0.05) is 12.1 Å². The monoisotopic (exact) mass is 477 g/mol. The average Bonchev–Trinajstić information content (AvgIpc) is 3.12. The Labute approximate surface area is 171 Å². The molecule has 0 aliphatic carbocycles. The highest BCUT2D eigenvalue weighted by Gasteiger charge is 2.15. The summed E-state index contributed by atoms with van der Waals surface area (Å²) in [6.07, 6.45) is 3.19. The van der Waals surface area contributed by atoms with E-state index in [1.54, 1.807) is 6.20 Å². The fourth-order valence-electron chi connectivity index (χ4n) is 3.06. The van der Waals surface area contributed by atoms with Crippen LogP contribution in [0.5, 0.6) is 0 Å². The van der Waals surface area contributed by atoms with E-state index >= 15 is 0 Å². The van der Waals surface area contributed by atoms with Gasteiger partial charge in [-0.05, 0) is 89.7 Å². The molecule has 0 fully saturated rings. The van der Waals surface area contributed by atoms with E-state index in [2.05, 4.69) is 44.6 Å². The Kier molecular flexibility index (Phi) is 5.88. The number of nitrogens with zero attached hydrogens (tertiary/aromatic N) is 3. The first-order chi connectivity index (χ1) is 12.9. The van der Waals surface area contributed by atoms with Crippen molar-refractivity contribution in [3.05, 3.63) is 50.4 Å². The van der Waals surface area contributed by atoms with Crippen LogP contribution >= 0.6 is 22.6 Å². The van der Waals surface area contributed by atoms with Crippen LogP contribution < -0.4 is 0 Å². The zero-order chi connectivity index (χ0) is 19.6. The summed E-state index contributed by atoms with van der Waals surface area (Å²) in [6, 6.07) is 5.99. The fourth-order valence-corrected chi connectivity index (χ4v) is 3.35. The van der Waals surface area contributed by atoms with Crippen molar-refractivity contribution in [1.29, 1.82) is 0 Å². The third-order valence-electron chi connectivity index (χ3n) is 4.48. The number of rotatable bonds is 6. The minimum absolute atomic E-state index is 0.124. The van der Waals surface area contributed by atoms with Crippen LogP contribution in [0.25, 0.3) is 22.8 Å². The number of carboxylic acids is 1. The Morgan fingerprint density at radius 2 is 1.93 bits per heavy atom. The lowest BCUT2D eigenvalue weighted by molar-refractivity contribution is -0.136. The maximum Gasteiger partial charge on any atom is 0.303 e. The normalized spacial score (nSPS) is 11.0. The lowest BCUT2D eigenvalue weighted by atomic mass is 9.93. The highest BCUT2D eigenvalue weighted by molar-refractivity contribution is 14.1. The van der Waals surface area contributed by atoms with Gasteiger partial charge in [0.25, 0.3) is 5.89 Å². The Hall–Kier alpha value is -2.29. The molecule has 0 radical (unpaired) electrons. The minimum Gasteiger partial charge on any atom is -0.481 e. The molecule has 1 aromatic carbocycles. The second kappa shape index (κ2) is 8.16. The summed E-state index contributed by atoms with van der Waals surface area (Å²) >= 11 is 2.19. The van der Waals surface area contributed by atoms with E-state index in [9.17, 15) is 4.79 Å². The predicted octanol–water partition coefficient (Wildman–Crippen LogP) is 4.60. The van der Waals surface area contributed by atoms with Crippen LogP contribution in [0.1, 0.15) is 35.6 Å². The summed E-state index contributed by atoms with van der Waals surface area (Å²) in [5.41, 5.74) is 5.96. The van der Waals surface area contributed by atoms with E-state index in [1.807, 2.05) is 32.0 Å². The number of benzene rings is 1. The lowest BCUT2D eigenvalue weighted by Crippen LogP contribution is -2.03. The van der Waals surface area contributed by atoms with Crippen molar-refractivity contribution in [2.45, 2.75) is 40.0 Å². The highest BCUT2D eigenvalue weighted by atomic mass is 127. The first-order valence-electron chi connectivity index (χ1n) is 8.69. The summed E-state index contributed by atoms with van der Waals surface area (Å²) in [4.78, 5) is 19.8. The van der Waals surface area contributed by atoms with Crippen LogP contribution in [0.2, 0.25) is 0 Å². The number of hydrogen-bond donors (Lipinski definition) is 1. The third-order valence-corrected chi connectivity index (χ3v) is 5.61. The van der Waals surface area contributed by atoms with Gasteiger partial charge in [0.15, 0.2) is 0 Å². The first-order valence-corrected chi connectivity index (χ1v) is 9.77. The van der Waals surface area contributed by atoms with Gasteiger partial charge in [0.1, 0.15) is 3.70 Å².